The van der Waals surface area contributed by atoms with Crippen LogP contribution in [0.5, 0.6) is 23.5 Å². The predicted octanol–water partition coefficient (Wildman–Crippen LogP) is 2.85. The van der Waals surface area contributed by atoms with Gasteiger partial charge in [-0.3, -0.25) is 0 Å². The fourth-order valence-electron chi connectivity index (χ4n) is 1.49. The number of aromatic nitrogens is 4. The number of ether oxygens (including phenoxy) is 2. The molecule has 0 aliphatic carbocycles. The van der Waals surface area contributed by atoms with Gasteiger partial charge in [-0.2, -0.15) is 0 Å². The summed E-state index contributed by atoms with van der Waals surface area (Å²) < 4.78 is 11.2. The van der Waals surface area contributed by atoms with E-state index >= 15 is 0 Å². The Balaban J connectivity index is 1.85. The summed E-state index contributed by atoms with van der Waals surface area (Å²) in [6.45, 7) is 0. The maximum Gasteiger partial charge on any atom is 0.321 e. The minimum atomic E-state index is 0.248. The van der Waals surface area contributed by atoms with Crippen molar-refractivity contribution in [3.8, 4) is 23.5 Å². The molecule has 0 radical (unpaired) electrons. The van der Waals surface area contributed by atoms with Gasteiger partial charge in [0, 0.05) is 24.8 Å². The molecule has 0 aliphatic heterocycles. The fraction of sp³-hybridized carbons (Fsp3) is 0. The van der Waals surface area contributed by atoms with E-state index in [2.05, 4.69) is 19.9 Å². The monoisotopic (exact) mass is 266 g/mol. The third-order valence-electron chi connectivity index (χ3n) is 2.34. The molecular weight excluding hydrogens is 256 g/mol. The zero-order chi connectivity index (χ0) is 13.6. The van der Waals surface area contributed by atoms with Gasteiger partial charge in [-0.1, -0.05) is 12.1 Å². The van der Waals surface area contributed by atoms with E-state index in [1.54, 1.807) is 49.1 Å². The number of rotatable bonds is 4. The number of hydrogen-bond donors (Lipinski definition) is 0. The Kier molecular flexibility index (Phi) is 3.46. The van der Waals surface area contributed by atoms with Crippen LogP contribution in [0.2, 0.25) is 0 Å². The zero-order valence-corrected chi connectivity index (χ0v) is 10.4. The standard InChI is InChI=1S/C14H10N4O2/c1-2-6-12(20-14-17-9-4-10-18-14)11(5-1)19-13-15-7-3-8-16-13/h1-10H. The highest BCUT2D eigenvalue weighted by Crippen LogP contribution is 2.31. The summed E-state index contributed by atoms with van der Waals surface area (Å²) in [5.41, 5.74) is 0. The van der Waals surface area contributed by atoms with E-state index in [4.69, 9.17) is 9.47 Å². The average Bonchev–Trinajstić information content (AvgIpc) is 2.51. The van der Waals surface area contributed by atoms with Gasteiger partial charge < -0.3 is 9.47 Å². The van der Waals surface area contributed by atoms with E-state index in [9.17, 15) is 0 Å². The van der Waals surface area contributed by atoms with Crippen LogP contribution in [0.25, 0.3) is 0 Å². The first kappa shape index (κ1) is 12.0. The molecule has 98 valence electrons. The molecule has 0 spiro atoms. The summed E-state index contributed by atoms with van der Waals surface area (Å²) in [5.74, 6) is 0.984. The molecule has 6 nitrogen and oxygen atoms in total. The van der Waals surface area contributed by atoms with Gasteiger partial charge in [0.2, 0.25) is 0 Å². The molecule has 3 aromatic rings. The van der Waals surface area contributed by atoms with Crippen molar-refractivity contribution in [2.75, 3.05) is 0 Å². The van der Waals surface area contributed by atoms with E-state index in [0.717, 1.165) is 0 Å². The van der Waals surface area contributed by atoms with Crippen LogP contribution in [0.15, 0.2) is 61.2 Å². The van der Waals surface area contributed by atoms with E-state index in [1.807, 2.05) is 12.1 Å². The number of nitrogens with zero attached hydrogens (tertiary/aromatic N) is 4. The van der Waals surface area contributed by atoms with E-state index in [1.165, 1.54) is 0 Å². The zero-order valence-electron chi connectivity index (χ0n) is 10.4. The summed E-state index contributed by atoms with van der Waals surface area (Å²) in [6.07, 6.45) is 6.41. The third-order valence-corrected chi connectivity index (χ3v) is 2.34. The quantitative estimate of drug-likeness (QED) is 0.723. The smallest absolute Gasteiger partial charge is 0.321 e. The highest BCUT2D eigenvalue weighted by molar-refractivity contribution is 5.42. The summed E-state index contributed by atoms with van der Waals surface area (Å²) >= 11 is 0. The minimum Gasteiger partial charge on any atom is -0.420 e. The summed E-state index contributed by atoms with van der Waals surface area (Å²) in [6, 6.07) is 11.1. The highest BCUT2D eigenvalue weighted by atomic mass is 16.5. The van der Waals surface area contributed by atoms with Gasteiger partial charge in [0.25, 0.3) is 0 Å². The lowest BCUT2D eigenvalue weighted by molar-refractivity contribution is 0.384. The Bertz CT molecular complexity index is 617. The Morgan fingerprint density at radius 1 is 0.550 bits per heavy atom. The Morgan fingerprint density at radius 2 is 0.950 bits per heavy atom. The summed E-state index contributed by atoms with van der Waals surface area (Å²) in [7, 11) is 0. The van der Waals surface area contributed by atoms with Crippen molar-refractivity contribution < 1.29 is 9.47 Å². The topological polar surface area (TPSA) is 70.0 Å². The first-order chi connectivity index (χ1) is 9.92. The maximum atomic E-state index is 5.58. The van der Waals surface area contributed by atoms with E-state index < -0.39 is 0 Å². The summed E-state index contributed by atoms with van der Waals surface area (Å²) in [5, 5.41) is 0. The Labute approximate surface area is 115 Å². The Morgan fingerprint density at radius 3 is 1.35 bits per heavy atom. The molecule has 3 rings (SSSR count). The molecule has 0 unspecified atom stereocenters. The van der Waals surface area contributed by atoms with Crippen LogP contribution in [0, 0.1) is 0 Å². The van der Waals surface area contributed by atoms with E-state index in [-0.39, 0.29) is 12.0 Å². The molecule has 0 saturated carbocycles. The van der Waals surface area contributed by atoms with Crippen LogP contribution in [0.3, 0.4) is 0 Å². The molecular formula is C14H10N4O2. The van der Waals surface area contributed by atoms with Gasteiger partial charge >= 0.3 is 12.0 Å². The third kappa shape index (κ3) is 2.86. The van der Waals surface area contributed by atoms with Crippen LogP contribution in [-0.2, 0) is 0 Å². The number of para-hydroxylation sites is 2. The molecule has 0 amide bonds. The van der Waals surface area contributed by atoms with Crippen LogP contribution >= 0.6 is 0 Å². The lowest BCUT2D eigenvalue weighted by Gasteiger charge is -2.09. The predicted molar refractivity (Wildman–Crippen MR) is 70.7 cm³/mol. The molecule has 20 heavy (non-hydrogen) atoms. The molecule has 2 aromatic heterocycles. The van der Waals surface area contributed by atoms with Crippen molar-refractivity contribution in [1.29, 1.82) is 0 Å². The van der Waals surface area contributed by atoms with Crippen LogP contribution < -0.4 is 9.47 Å². The largest absolute Gasteiger partial charge is 0.420 e. The SMILES string of the molecule is c1cnc(Oc2ccccc2Oc2ncccn2)nc1. The van der Waals surface area contributed by atoms with E-state index in [0.29, 0.717) is 11.5 Å². The second-order valence-corrected chi connectivity index (χ2v) is 3.71. The molecule has 0 aliphatic rings. The van der Waals surface area contributed by atoms with Gasteiger partial charge in [-0.05, 0) is 24.3 Å². The molecule has 0 bridgehead atoms. The molecule has 0 saturated heterocycles. The molecule has 1 aromatic carbocycles. The lowest BCUT2D eigenvalue weighted by atomic mass is 10.3. The first-order valence-electron chi connectivity index (χ1n) is 5.90. The van der Waals surface area contributed by atoms with Gasteiger partial charge in [0.05, 0.1) is 0 Å². The van der Waals surface area contributed by atoms with Crippen LogP contribution in [-0.4, -0.2) is 19.9 Å². The highest BCUT2D eigenvalue weighted by Gasteiger charge is 2.09. The normalized spacial score (nSPS) is 10.0. The van der Waals surface area contributed by atoms with Gasteiger partial charge in [0.1, 0.15) is 0 Å². The second kappa shape index (κ2) is 5.75. The molecule has 0 fully saturated rings. The first-order valence-corrected chi connectivity index (χ1v) is 5.90. The maximum absolute atomic E-state index is 5.58. The van der Waals surface area contributed by atoms with Gasteiger partial charge in [-0.15, -0.1) is 0 Å². The second-order valence-electron chi connectivity index (χ2n) is 3.71. The van der Waals surface area contributed by atoms with Crippen molar-refractivity contribution in [2.24, 2.45) is 0 Å². The van der Waals surface area contributed by atoms with Crippen molar-refractivity contribution in [3.05, 3.63) is 61.2 Å². The molecule has 2 heterocycles. The average molecular weight is 266 g/mol. The Hall–Kier alpha value is -3.02. The van der Waals surface area contributed by atoms with Crippen molar-refractivity contribution in [1.82, 2.24) is 19.9 Å². The van der Waals surface area contributed by atoms with Crippen molar-refractivity contribution in [3.63, 3.8) is 0 Å². The summed E-state index contributed by atoms with van der Waals surface area (Å²) in [4.78, 5) is 16.0. The van der Waals surface area contributed by atoms with Gasteiger partial charge in [0.15, 0.2) is 11.5 Å². The number of benzene rings is 1. The van der Waals surface area contributed by atoms with Crippen molar-refractivity contribution in [2.45, 2.75) is 0 Å². The molecule has 0 atom stereocenters. The van der Waals surface area contributed by atoms with Gasteiger partial charge in [-0.25, -0.2) is 19.9 Å². The van der Waals surface area contributed by atoms with Crippen LogP contribution in [0.4, 0.5) is 0 Å². The molecule has 6 heteroatoms. The minimum absolute atomic E-state index is 0.248. The molecule has 0 N–H and O–H groups in total. The van der Waals surface area contributed by atoms with Crippen LogP contribution in [0.1, 0.15) is 0 Å². The number of hydrogen-bond acceptors (Lipinski definition) is 6. The fourth-order valence-corrected chi connectivity index (χ4v) is 1.49. The van der Waals surface area contributed by atoms with Crippen molar-refractivity contribution >= 4 is 0 Å². The lowest BCUT2D eigenvalue weighted by Crippen LogP contribution is -1.95.